The lowest BCUT2D eigenvalue weighted by atomic mass is 10.1. The molecule has 0 amide bonds. The van der Waals surface area contributed by atoms with Crippen LogP contribution in [0.15, 0.2) is 9.98 Å². The number of thiazole rings is 1. The molecule has 1 N–H and O–H groups in total. The Bertz CT molecular complexity index is 302. The van der Waals surface area contributed by atoms with Gasteiger partial charge in [-0.25, -0.2) is 4.98 Å². The van der Waals surface area contributed by atoms with E-state index in [0.717, 1.165) is 22.2 Å². The summed E-state index contributed by atoms with van der Waals surface area (Å²) < 4.78 is 0.925. The predicted molar refractivity (Wildman–Crippen MR) is 63.9 cm³/mol. The van der Waals surface area contributed by atoms with E-state index in [1.165, 1.54) is 19.5 Å². The molecule has 0 bridgehead atoms. The van der Waals surface area contributed by atoms with Crippen molar-refractivity contribution in [1.82, 2.24) is 9.88 Å². The number of rotatable bonds is 3. The summed E-state index contributed by atoms with van der Waals surface area (Å²) in [5.74, 6) is 0.780. The molecule has 2 rings (SSSR count). The van der Waals surface area contributed by atoms with Crippen LogP contribution in [0.2, 0.25) is 0 Å². The molecule has 1 aromatic heterocycles. The Kier molecular flexibility index (Phi) is 3.41. The fraction of sp³-hybridized carbons (Fsp3) is 0.667. The molecule has 1 aromatic rings. The molecule has 0 spiro atoms. The van der Waals surface area contributed by atoms with Gasteiger partial charge < -0.3 is 10.2 Å². The van der Waals surface area contributed by atoms with Gasteiger partial charge in [-0.1, -0.05) is 0 Å². The van der Waals surface area contributed by atoms with Crippen LogP contribution in [-0.4, -0.2) is 36.6 Å². The Morgan fingerprint density at radius 2 is 2.64 bits per heavy atom. The average molecular weight is 276 g/mol. The first-order chi connectivity index (χ1) is 6.74. The van der Waals surface area contributed by atoms with E-state index >= 15 is 0 Å². The number of nitrogens with zero attached hydrogens (tertiary/aromatic N) is 2. The normalized spacial score (nSPS) is 22.9. The van der Waals surface area contributed by atoms with Gasteiger partial charge in [-0.2, -0.15) is 0 Å². The van der Waals surface area contributed by atoms with E-state index in [9.17, 15) is 0 Å². The maximum Gasteiger partial charge on any atom is 0.183 e. The lowest BCUT2D eigenvalue weighted by Crippen LogP contribution is -2.19. The van der Waals surface area contributed by atoms with Gasteiger partial charge in [0.25, 0.3) is 0 Å². The Hall–Kier alpha value is -0.130. The third-order valence-corrected chi connectivity index (χ3v) is 4.02. The van der Waals surface area contributed by atoms with Crippen LogP contribution in [0.3, 0.4) is 0 Å². The number of hydrogen-bond acceptors (Lipinski definition) is 4. The van der Waals surface area contributed by atoms with E-state index in [1.54, 1.807) is 11.3 Å². The van der Waals surface area contributed by atoms with Crippen molar-refractivity contribution < 1.29 is 0 Å². The number of halogens is 1. The van der Waals surface area contributed by atoms with Crippen LogP contribution in [0, 0.1) is 5.92 Å². The third kappa shape index (κ3) is 2.68. The molecule has 3 nitrogen and oxygen atoms in total. The molecule has 5 heteroatoms. The van der Waals surface area contributed by atoms with Gasteiger partial charge in [0, 0.05) is 18.5 Å². The molecule has 1 aliphatic heterocycles. The molecule has 0 saturated carbocycles. The summed E-state index contributed by atoms with van der Waals surface area (Å²) >= 11 is 5.00. The number of likely N-dealkylation sites (tertiary alicyclic amines) is 1. The monoisotopic (exact) mass is 275 g/mol. The first-order valence-electron chi connectivity index (χ1n) is 4.77. The van der Waals surface area contributed by atoms with Crippen molar-refractivity contribution in [1.29, 1.82) is 0 Å². The predicted octanol–water partition coefficient (Wildman–Crippen LogP) is 2.27. The molecule has 0 radical (unpaired) electrons. The molecule has 1 aliphatic rings. The van der Waals surface area contributed by atoms with Crippen LogP contribution in [0.1, 0.15) is 6.42 Å². The second-order valence-electron chi connectivity index (χ2n) is 3.77. The summed E-state index contributed by atoms with van der Waals surface area (Å²) in [5.41, 5.74) is 0. The van der Waals surface area contributed by atoms with Crippen LogP contribution in [-0.2, 0) is 0 Å². The molecule has 2 heterocycles. The van der Waals surface area contributed by atoms with Crippen molar-refractivity contribution in [3.8, 4) is 0 Å². The van der Waals surface area contributed by atoms with Crippen molar-refractivity contribution >= 4 is 32.4 Å². The molecule has 1 fully saturated rings. The Labute approximate surface area is 96.7 Å². The summed E-state index contributed by atoms with van der Waals surface area (Å²) in [5, 5.41) is 6.40. The zero-order valence-electron chi connectivity index (χ0n) is 8.16. The van der Waals surface area contributed by atoms with Crippen molar-refractivity contribution in [3.63, 3.8) is 0 Å². The fourth-order valence-electron chi connectivity index (χ4n) is 1.76. The number of hydrogen-bond donors (Lipinski definition) is 1. The Morgan fingerprint density at radius 3 is 3.21 bits per heavy atom. The van der Waals surface area contributed by atoms with E-state index in [1.807, 2.05) is 5.38 Å². The summed E-state index contributed by atoms with van der Waals surface area (Å²) in [6.45, 7) is 3.48. The fourth-order valence-corrected chi connectivity index (χ4v) is 2.91. The molecule has 14 heavy (non-hydrogen) atoms. The second-order valence-corrected chi connectivity index (χ2v) is 5.44. The van der Waals surface area contributed by atoms with Crippen LogP contribution < -0.4 is 5.32 Å². The van der Waals surface area contributed by atoms with Crippen molar-refractivity contribution in [2.75, 3.05) is 32.0 Å². The van der Waals surface area contributed by atoms with Gasteiger partial charge in [-0.3, -0.25) is 0 Å². The quantitative estimate of drug-likeness (QED) is 0.918. The summed E-state index contributed by atoms with van der Waals surface area (Å²) in [7, 11) is 2.18. The lowest BCUT2D eigenvalue weighted by Gasteiger charge is -2.10. The maximum absolute atomic E-state index is 4.30. The van der Waals surface area contributed by atoms with Gasteiger partial charge in [-0.15, -0.1) is 11.3 Å². The van der Waals surface area contributed by atoms with Crippen LogP contribution >= 0.6 is 27.3 Å². The maximum atomic E-state index is 4.30. The van der Waals surface area contributed by atoms with E-state index < -0.39 is 0 Å². The Balaban J connectivity index is 1.77. The molecular weight excluding hydrogens is 262 g/mol. The number of nitrogens with one attached hydrogen (secondary N) is 1. The van der Waals surface area contributed by atoms with Crippen LogP contribution in [0.5, 0.6) is 0 Å². The highest BCUT2D eigenvalue weighted by Gasteiger charge is 2.19. The molecular formula is C9H14BrN3S. The highest BCUT2D eigenvalue weighted by molar-refractivity contribution is 9.10. The minimum Gasteiger partial charge on any atom is -0.361 e. The number of aromatic nitrogens is 1. The van der Waals surface area contributed by atoms with Gasteiger partial charge in [0.2, 0.25) is 0 Å². The van der Waals surface area contributed by atoms with E-state index in [0.29, 0.717) is 0 Å². The summed E-state index contributed by atoms with van der Waals surface area (Å²) in [4.78, 5) is 6.68. The smallest absolute Gasteiger partial charge is 0.183 e. The summed E-state index contributed by atoms with van der Waals surface area (Å²) in [6, 6.07) is 0. The molecule has 1 unspecified atom stereocenters. The standard InChI is InChI=1S/C9H14BrN3S/c1-13-3-2-7(5-13)4-11-9-12-8(10)6-14-9/h6-7H,2-5H2,1H3,(H,11,12). The van der Waals surface area contributed by atoms with Gasteiger partial charge in [0.15, 0.2) is 5.13 Å². The minimum atomic E-state index is 0.780. The highest BCUT2D eigenvalue weighted by Crippen LogP contribution is 2.21. The van der Waals surface area contributed by atoms with Crippen LogP contribution in [0.25, 0.3) is 0 Å². The van der Waals surface area contributed by atoms with Crippen molar-refractivity contribution in [2.24, 2.45) is 5.92 Å². The number of anilines is 1. The largest absolute Gasteiger partial charge is 0.361 e. The van der Waals surface area contributed by atoms with E-state index in [4.69, 9.17) is 0 Å². The minimum absolute atomic E-state index is 0.780. The lowest BCUT2D eigenvalue weighted by molar-refractivity contribution is 0.399. The zero-order valence-corrected chi connectivity index (χ0v) is 10.6. The van der Waals surface area contributed by atoms with Crippen molar-refractivity contribution in [3.05, 3.63) is 9.98 Å². The van der Waals surface area contributed by atoms with Crippen LogP contribution in [0.4, 0.5) is 5.13 Å². The molecule has 1 atom stereocenters. The van der Waals surface area contributed by atoms with Gasteiger partial charge >= 0.3 is 0 Å². The van der Waals surface area contributed by atoms with Gasteiger partial charge in [-0.05, 0) is 41.9 Å². The third-order valence-electron chi connectivity index (χ3n) is 2.51. The molecule has 0 aromatic carbocycles. The first-order valence-corrected chi connectivity index (χ1v) is 6.45. The summed E-state index contributed by atoms with van der Waals surface area (Å²) in [6.07, 6.45) is 1.30. The van der Waals surface area contributed by atoms with Crippen molar-refractivity contribution in [2.45, 2.75) is 6.42 Å². The average Bonchev–Trinajstić information content (AvgIpc) is 2.72. The highest BCUT2D eigenvalue weighted by atomic mass is 79.9. The van der Waals surface area contributed by atoms with E-state index in [2.05, 4.69) is 38.2 Å². The Morgan fingerprint density at radius 1 is 1.79 bits per heavy atom. The second kappa shape index (κ2) is 4.59. The van der Waals surface area contributed by atoms with E-state index in [-0.39, 0.29) is 0 Å². The zero-order chi connectivity index (χ0) is 9.97. The topological polar surface area (TPSA) is 28.2 Å². The molecule has 78 valence electrons. The first kappa shape index (κ1) is 10.4. The SMILES string of the molecule is CN1CCC(CNc2nc(Br)cs2)C1. The molecule has 1 saturated heterocycles. The molecule has 0 aliphatic carbocycles. The van der Waals surface area contributed by atoms with Gasteiger partial charge in [0.05, 0.1) is 0 Å². The van der Waals surface area contributed by atoms with Gasteiger partial charge in [0.1, 0.15) is 4.60 Å².